The molecule has 0 aliphatic carbocycles. The van der Waals surface area contributed by atoms with Crippen molar-refractivity contribution in [3.05, 3.63) is 224 Å². The Bertz CT molecular complexity index is 3110. The van der Waals surface area contributed by atoms with Gasteiger partial charge in [0.1, 0.15) is 0 Å². The van der Waals surface area contributed by atoms with Gasteiger partial charge in [0.25, 0.3) is 0 Å². The van der Waals surface area contributed by atoms with Gasteiger partial charge in [0.05, 0.1) is 16.7 Å². The molecule has 11 rings (SSSR count). The molecule has 0 radical (unpaired) electrons. The lowest BCUT2D eigenvalue weighted by Gasteiger charge is -2.37. The molecular weight excluding hydrogens is 723 g/mol. The molecule has 0 aliphatic rings. The van der Waals surface area contributed by atoms with E-state index in [9.17, 15) is 0 Å². The van der Waals surface area contributed by atoms with Crippen LogP contribution in [0.3, 0.4) is 0 Å². The zero-order valence-electron chi connectivity index (χ0n) is 31.2. The maximum absolute atomic E-state index is 3.01. The van der Waals surface area contributed by atoms with Crippen molar-refractivity contribution >= 4 is 82.1 Å². The van der Waals surface area contributed by atoms with Crippen molar-refractivity contribution in [3.63, 3.8) is 0 Å². The van der Waals surface area contributed by atoms with E-state index in [1.807, 2.05) is 11.3 Å². The second kappa shape index (κ2) is 13.8. The standard InChI is InChI=1S/C54H37NSSi/c1-6-20-38(21-7-1)43-34-35-52(57(40-24-10-3-11-25-40,41-26-12-4-13-27-41)42-28-14-5-15-29-42)53(39-22-8-2-9-23-39)54(43)55-48-32-18-16-30-44(48)46-36-47-45-31-17-19-33-50(45)56-51(47)37-49(46)55/h1-37H. The van der Waals surface area contributed by atoms with E-state index in [1.54, 1.807) is 0 Å². The highest BCUT2D eigenvalue weighted by Gasteiger charge is 2.44. The predicted molar refractivity (Wildman–Crippen MR) is 248 cm³/mol. The van der Waals surface area contributed by atoms with E-state index in [2.05, 4.69) is 229 Å². The van der Waals surface area contributed by atoms with Crippen molar-refractivity contribution in [2.45, 2.75) is 0 Å². The first-order valence-corrected chi connectivity index (χ1v) is 22.4. The van der Waals surface area contributed by atoms with Crippen molar-refractivity contribution < 1.29 is 0 Å². The SMILES string of the molecule is c1ccc(-c2ccc([Si](c3ccccc3)(c3ccccc3)c3ccccc3)c(-c3ccccc3)c2-n2c3ccccc3c3cc4c(cc32)sc2ccccc24)cc1. The number of hydrogen-bond donors (Lipinski definition) is 0. The van der Waals surface area contributed by atoms with Crippen molar-refractivity contribution in [1.82, 2.24) is 4.57 Å². The van der Waals surface area contributed by atoms with Crippen molar-refractivity contribution in [2.24, 2.45) is 0 Å². The molecule has 57 heavy (non-hydrogen) atoms. The summed E-state index contributed by atoms with van der Waals surface area (Å²) in [5.74, 6) is 0. The van der Waals surface area contributed by atoms with Crippen molar-refractivity contribution in [2.75, 3.05) is 0 Å². The first kappa shape index (κ1) is 33.5. The third-order valence-corrected chi connectivity index (χ3v) is 17.7. The molecule has 3 heteroatoms. The van der Waals surface area contributed by atoms with Crippen LogP contribution in [0.15, 0.2) is 224 Å². The molecule has 0 atom stereocenters. The van der Waals surface area contributed by atoms with Gasteiger partial charge in [0, 0.05) is 42.1 Å². The molecule has 2 heterocycles. The maximum atomic E-state index is 2.60. The molecule has 11 aromatic rings. The van der Waals surface area contributed by atoms with Gasteiger partial charge in [-0.05, 0) is 56.1 Å². The summed E-state index contributed by atoms with van der Waals surface area (Å²) in [6, 6.07) is 83.7. The van der Waals surface area contributed by atoms with E-state index in [0.29, 0.717) is 0 Å². The highest BCUT2D eigenvalue weighted by atomic mass is 32.1. The van der Waals surface area contributed by atoms with Gasteiger partial charge in [-0.1, -0.05) is 200 Å². The van der Waals surface area contributed by atoms with Gasteiger partial charge in [-0.25, -0.2) is 0 Å². The predicted octanol–water partition coefficient (Wildman–Crippen LogP) is 11.9. The quantitative estimate of drug-likeness (QED) is 0.113. The molecule has 0 aliphatic heterocycles. The number of para-hydroxylation sites is 1. The highest BCUT2D eigenvalue weighted by molar-refractivity contribution is 7.26. The van der Waals surface area contributed by atoms with Gasteiger partial charge in [-0.2, -0.15) is 0 Å². The summed E-state index contributed by atoms with van der Waals surface area (Å²) in [6.45, 7) is 0. The third kappa shape index (κ3) is 5.28. The van der Waals surface area contributed by atoms with Crippen LogP contribution in [0.2, 0.25) is 0 Å². The third-order valence-electron chi connectivity index (χ3n) is 11.7. The van der Waals surface area contributed by atoms with Gasteiger partial charge in [0.2, 0.25) is 0 Å². The van der Waals surface area contributed by atoms with Crippen LogP contribution in [-0.2, 0) is 0 Å². The normalized spacial score (nSPS) is 11.9. The fourth-order valence-electron chi connectivity index (χ4n) is 9.34. The zero-order valence-corrected chi connectivity index (χ0v) is 33.0. The summed E-state index contributed by atoms with van der Waals surface area (Å²) < 4.78 is 5.22. The molecule has 0 saturated carbocycles. The van der Waals surface area contributed by atoms with Gasteiger partial charge < -0.3 is 4.57 Å². The Morgan fingerprint density at radius 2 is 0.860 bits per heavy atom. The Morgan fingerprint density at radius 1 is 0.351 bits per heavy atom. The summed E-state index contributed by atoms with van der Waals surface area (Å²) in [7, 11) is -3.01. The number of fused-ring (bicyclic) bond motifs is 6. The van der Waals surface area contributed by atoms with Crippen LogP contribution in [0.5, 0.6) is 0 Å². The van der Waals surface area contributed by atoms with Gasteiger partial charge in [-0.3, -0.25) is 0 Å². The number of nitrogens with zero attached hydrogens (tertiary/aromatic N) is 1. The molecule has 2 aromatic heterocycles. The van der Waals surface area contributed by atoms with Crippen molar-refractivity contribution in [1.29, 1.82) is 0 Å². The molecule has 0 bridgehead atoms. The lowest BCUT2D eigenvalue weighted by Crippen LogP contribution is -2.75. The lowest BCUT2D eigenvalue weighted by molar-refractivity contribution is 1.19. The van der Waals surface area contributed by atoms with Crippen LogP contribution in [-0.4, -0.2) is 12.6 Å². The minimum Gasteiger partial charge on any atom is -0.308 e. The van der Waals surface area contributed by atoms with Crippen LogP contribution in [0, 0.1) is 0 Å². The van der Waals surface area contributed by atoms with Gasteiger partial charge in [-0.15, -0.1) is 11.3 Å². The minimum absolute atomic E-state index is 1.19. The van der Waals surface area contributed by atoms with Crippen LogP contribution >= 0.6 is 11.3 Å². The van der Waals surface area contributed by atoms with Crippen molar-refractivity contribution in [3.8, 4) is 27.9 Å². The summed E-state index contributed by atoms with van der Waals surface area (Å²) in [5, 5.41) is 10.6. The largest absolute Gasteiger partial charge is 0.308 e. The van der Waals surface area contributed by atoms with Gasteiger partial charge >= 0.3 is 0 Å². The summed E-state index contributed by atoms with van der Waals surface area (Å²) in [4.78, 5) is 0. The maximum Gasteiger partial charge on any atom is 0.180 e. The zero-order chi connectivity index (χ0) is 37.8. The second-order valence-corrected chi connectivity index (χ2v) is 19.6. The van der Waals surface area contributed by atoms with Crippen LogP contribution < -0.4 is 20.7 Å². The Morgan fingerprint density at radius 3 is 1.47 bits per heavy atom. The van der Waals surface area contributed by atoms with E-state index in [4.69, 9.17) is 0 Å². The molecule has 0 N–H and O–H groups in total. The van der Waals surface area contributed by atoms with Crippen LogP contribution in [0.4, 0.5) is 0 Å². The number of hydrogen-bond acceptors (Lipinski definition) is 1. The van der Waals surface area contributed by atoms with E-state index in [1.165, 1.54) is 90.7 Å². The molecule has 0 spiro atoms. The molecule has 268 valence electrons. The Kier molecular flexibility index (Phi) is 8.09. The summed E-state index contributed by atoms with van der Waals surface area (Å²) in [6.07, 6.45) is 0. The lowest BCUT2D eigenvalue weighted by atomic mass is 9.95. The van der Waals surface area contributed by atoms with E-state index >= 15 is 0 Å². The number of aromatic nitrogens is 1. The fourth-order valence-corrected chi connectivity index (χ4v) is 15.4. The summed E-state index contributed by atoms with van der Waals surface area (Å²) in [5.41, 5.74) is 8.48. The first-order valence-electron chi connectivity index (χ1n) is 19.6. The number of benzene rings is 9. The van der Waals surface area contributed by atoms with Gasteiger partial charge in [0.15, 0.2) is 8.07 Å². The second-order valence-electron chi connectivity index (χ2n) is 14.8. The number of thiophene rings is 1. The molecule has 0 saturated heterocycles. The molecular formula is C54H37NSSi. The Balaban J connectivity index is 1.38. The average molecular weight is 760 g/mol. The van der Waals surface area contributed by atoms with E-state index < -0.39 is 8.07 Å². The van der Waals surface area contributed by atoms with E-state index in [0.717, 1.165) is 0 Å². The first-order chi connectivity index (χ1) is 28.3. The molecule has 0 amide bonds. The fraction of sp³-hybridized carbons (Fsp3) is 0. The molecule has 1 nitrogen and oxygen atoms in total. The van der Waals surface area contributed by atoms with Crippen LogP contribution in [0.25, 0.3) is 69.9 Å². The average Bonchev–Trinajstić information content (AvgIpc) is 3.82. The number of rotatable bonds is 7. The Hall–Kier alpha value is -6.78. The van der Waals surface area contributed by atoms with Crippen LogP contribution in [0.1, 0.15) is 0 Å². The minimum atomic E-state index is -3.01. The van der Waals surface area contributed by atoms with E-state index in [-0.39, 0.29) is 0 Å². The summed E-state index contributed by atoms with van der Waals surface area (Å²) >= 11 is 1.88. The monoisotopic (exact) mass is 759 g/mol. The smallest absolute Gasteiger partial charge is 0.180 e. The molecule has 0 unspecified atom stereocenters. The Labute approximate surface area is 337 Å². The molecule has 9 aromatic carbocycles. The topological polar surface area (TPSA) is 4.93 Å². The highest BCUT2D eigenvalue weighted by Crippen LogP contribution is 2.44. The molecule has 0 fully saturated rings.